The molecule has 4 heteroatoms. The van der Waals surface area contributed by atoms with E-state index in [1.807, 2.05) is 0 Å². The smallest absolute Gasteiger partial charge is 0.139 e. The van der Waals surface area contributed by atoms with Gasteiger partial charge in [-0.05, 0) is 37.9 Å². The molecule has 1 fully saturated rings. The molecule has 0 saturated carbocycles. The predicted octanol–water partition coefficient (Wildman–Crippen LogP) is 5.11. The highest BCUT2D eigenvalue weighted by Crippen LogP contribution is 2.35. The molecule has 1 aliphatic rings. The Labute approximate surface area is 149 Å². The molecule has 0 N–H and O–H groups in total. The molecule has 0 amide bonds. The molecule has 1 atom stereocenters. The van der Waals surface area contributed by atoms with Gasteiger partial charge in [0.05, 0.1) is 6.04 Å². The fourth-order valence-corrected chi connectivity index (χ4v) is 4.01. The second-order valence-corrected chi connectivity index (χ2v) is 7.39. The van der Waals surface area contributed by atoms with Gasteiger partial charge in [0.25, 0.3) is 0 Å². The number of hydrogen-bond donors (Lipinski definition) is 0. The van der Waals surface area contributed by atoms with Crippen LogP contribution in [0.4, 0.5) is 0 Å². The number of aryl methyl sites for hydroxylation is 1. The van der Waals surface area contributed by atoms with Crippen LogP contribution in [0, 0.1) is 0 Å². The third-order valence-electron chi connectivity index (χ3n) is 5.41. The van der Waals surface area contributed by atoms with Gasteiger partial charge >= 0.3 is 0 Å². The largest absolute Gasteiger partial charge is 0.361 e. The van der Waals surface area contributed by atoms with Gasteiger partial charge in [-0.15, -0.1) is 0 Å². The second kappa shape index (κ2) is 6.68. The van der Waals surface area contributed by atoms with Crippen molar-refractivity contribution < 1.29 is 4.52 Å². The van der Waals surface area contributed by atoms with E-state index in [0.717, 1.165) is 37.5 Å². The monoisotopic (exact) mass is 337 g/mol. The minimum atomic E-state index is 0.375. The van der Waals surface area contributed by atoms with E-state index in [4.69, 9.17) is 4.52 Å². The van der Waals surface area contributed by atoms with Gasteiger partial charge in [-0.3, -0.25) is 4.90 Å². The van der Waals surface area contributed by atoms with Gasteiger partial charge in [0.2, 0.25) is 0 Å². The third-order valence-corrected chi connectivity index (χ3v) is 5.41. The van der Waals surface area contributed by atoms with Crippen molar-refractivity contribution in [1.82, 2.24) is 14.6 Å². The molecule has 132 valence electrons. The molecule has 1 saturated heterocycles. The van der Waals surface area contributed by atoms with Crippen LogP contribution in [0.1, 0.15) is 62.6 Å². The van der Waals surface area contributed by atoms with Gasteiger partial charge in [0.1, 0.15) is 11.5 Å². The summed E-state index contributed by atoms with van der Waals surface area (Å²) in [6, 6.07) is 11.3. The summed E-state index contributed by atoms with van der Waals surface area (Å²) in [6.45, 7) is 9.61. The van der Waals surface area contributed by atoms with Gasteiger partial charge in [-0.25, -0.2) is 0 Å². The van der Waals surface area contributed by atoms with Gasteiger partial charge < -0.3 is 9.09 Å². The number of aromatic nitrogens is 2. The summed E-state index contributed by atoms with van der Waals surface area (Å²) in [7, 11) is 0. The van der Waals surface area contributed by atoms with Crippen LogP contribution in [-0.2, 0) is 13.1 Å². The number of rotatable bonds is 5. The molecule has 25 heavy (non-hydrogen) atoms. The van der Waals surface area contributed by atoms with Gasteiger partial charge in [0, 0.05) is 42.2 Å². The highest BCUT2D eigenvalue weighted by atomic mass is 16.5. The highest BCUT2D eigenvalue weighted by molar-refractivity contribution is 5.83. The second-order valence-electron chi connectivity index (χ2n) is 7.39. The Hall–Kier alpha value is -2.07. The molecular formula is C21H27N3O. The van der Waals surface area contributed by atoms with Gasteiger partial charge in [-0.1, -0.05) is 37.2 Å². The zero-order valence-electron chi connectivity index (χ0n) is 15.4. The van der Waals surface area contributed by atoms with Crippen LogP contribution in [0.5, 0.6) is 0 Å². The third kappa shape index (κ3) is 2.99. The predicted molar refractivity (Wildman–Crippen MR) is 101 cm³/mol. The molecule has 1 aliphatic heterocycles. The van der Waals surface area contributed by atoms with Crippen molar-refractivity contribution in [3.8, 4) is 0 Å². The summed E-state index contributed by atoms with van der Waals surface area (Å²) in [4.78, 5) is 2.56. The standard InChI is InChI=1S/C21H27N3O/c1-4-23-13-16(17-8-5-6-9-19(17)23)14-24-11-7-10-20(24)18-12-21(15(2)3)25-22-18/h5-6,8-9,12-13,15,20H,4,7,10-11,14H2,1-3H3. The Bertz CT molecular complexity index is 861. The fraction of sp³-hybridized carbons (Fsp3) is 0.476. The first-order chi connectivity index (χ1) is 12.2. The van der Waals surface area contributed by atoms with Crippen LogP contribution in [0.25, 0.3) is 10.9 Å². The fourth-order valence-electron chi connectivity index (χ4n) is 4.01. The number of fused-ring (bicyclic) bond motifs is 1. The average Bonchev–Trinajstić information content (AvgIpc) is 3.33. The number of nitrogens with zero attached hydrogens (tertiary/aromatic N) is 3. The lowest BCUT2D eigenvalue weighted by molar-refractivity contribution is 0.237. The topological polar surface area (TPSA) is 34.2 Å². The van der Waals surface area contributed by atoms with Crippen molar-refractivity contribution in [3.05, 3.63) is 53.5 Å². The number of likely N-dealkylation sites (tertiary alicyclic amines) is 1. The molecule has 1 unspecified atom stereocenters. The molecule has 0 spiro atoms. The SMILES string of the molecule is CCn1cc(CN2CCCC2c2cc(C(C)C)on2)c2ccccc21. The van der Waals surface area contributed by atoms with Crippen LogP contribution in [-0.4, -0.2) is 21.2 Å². The van der Waals surface area contributed by atoms with Crippen LogP contribution >= 0.6 is 0 Å². The maximum absolute atomic E-state index is 5.55. The maximum Gasteiger partial charge on any atom is 0.139 e. The molecule has 3 heterocycles. The van der Waals surface area contributed by atoms with Crippen molar-refractivity contribution in [2.24, 2.45) is 0 Å². The van der Waals surface area contributed by atoms with E-state index >= 15 is 0 Å². The molecule has 4 nitrogen and oxygen atoms in total. The molecule has 3 aromatic rings. The van der Waals surface area contributed by atoms with Crippen molar-refractivity contribution in [2.75, 3.05) is 6.54 Å². The van der Waals surface area contributed by atoms with E-state index in [1.54, 1.807) is 0 Å². The average molecular weight is 337 g/mol. The van der Waals surface area contributed by atoms with Crippen molar-refractivity contribution in [1.29, 1.82) is 0 Å². The van der Waals surface area contributed by atoms with Crippen LogP contribution in [0.2, 0.25) is 0 Å². The van der Waals surface area contributed by atoms with E-state index in [-0.39, 0.29) is 0 Å². The number of para-hydroxylation sites is 1. The highest BCUT2D eigenvalue weighted by Gasteiger charge is 2.29. The summed E-state index contributed by atoms with van der Waals surface area (Å²) >= 11 is 0. The Morgan fingerprint density at radius 2 is 2.12 bits per heavy atom. The lowest BCUT2D eigenvalue weighted by Crippen LogP contribution is -2.22. The number of benzene rings is 1. The first-order valence-electron chi connectivity index (χ1n) is 9.44. The summed E-state index contributed by atoms with van der Waals surface area (Å²) in [5.74, 6) is 1.38. The van der Waals surface area contributed by atoms with E-state index in [0.29, 0.717) is 12.0 Å². The molecule has 0 radical (unpaired) electrons. The normalized spacial score (nSPS) is 18.6. The molecule has 0 bridgehead atoms. The van der Waals surface area contributed by atoms with E-state index in [9.17, 15) is 0 Å². The summed E-state index contributed by atoms with van der Waals surface area (Å²) < 4.78 is 7.90. The van der Waals surface area contributed by atoms with Gasteiger partial charge in [0.15, 0.2) is 0 Å². The van der Waals surface area contributed by atoms with Crippen molar-refractivity contribution >= 4 is 10.9 Å². The van der Waals surface area contributed by atoms with Crippen LogP contribution in [0.3, 0.4) is 0 Å². The molecular weight excluding hydrogens is 310 g/mol. The Balaban J connectivity index is 1.61. The molecule has 0 aliphatic carbocycles. The molecule has 1 aromatic carbocycles. The lowest BCUT2D eigenvalue weighted by atomic mass is 10.1. The van der Waals surface area contributed by atoms with E-state index < -0.39 is 0 Å². The van der Waals surface area contributed by atoms with Crippen LogP contribution in [0.15, 0.2) is 41.1 Å². The van der Waals surface area contributed by atoms with Gasteiger partial charge in [-0.2, -0.15) is 0 Å². The molecule has 2 aromatic heterocycles. The van der Waals surface area contributed by atoms with E-state index in [2.05, 4.69) is 71.9 Å². The zero-order valence-corrected chi connectivity index (χ0v) is 15.4. The van der Waals surface area contributed by atoms with E-state index in [1.165, 1.54) is 22.9 Å². The Morgan fingerprint density at radius 3 is 2.88 bits per heavy atom. The first-order valence-corrected chi connectivity index (χ1v) is 9.44. The maximum atomic E-state index is 5.55. The minimum Gasteiger partial charge on any atom is -0.361 e. The lowest BCUT2D eigenvalue weighted by Gasteiger charge is -2.22. The first kappa shape index (κ1) is 16.4. The summed E-state index contributed by atoms with van der Waals surface area (Å²) in [5, 5.41) is 5.75. The quantitative estimate of drug-likeness (QED) is 0.649. The summed E-state index contributed by atoms with van der Waals surface area (Å²) in [6.07, 6.45) is 4.71. The zero-order chi connectivity index (χ0) is 17.4. The Morgan fingerprint density at radius 1 is 1.28 bits per heavy atom. The van der Waals surface area contributed by atoms with Crippen LogP contribution < -0.4 is 0 Å². The summed E-state index contributed by atoms with van der Waals surface area (Å²) in [5.41, 5.74) is 3.84. The Kier molecular flexibility index (Phi) is 4.38. The van der Waals surface area contributed by atoms with Crippen molar-refractivity contribution in [2.45, 2.75) is 58.7 Å². The molecule has 4 rings (SSSR count). The number of hydrogen-bond acceptors (Lipinski definition) is 3. The van der Waals surface area contributed by atoms with Crippen molar-refractivity contribution in [3.63, 3.8) is 0 Å². The minimum absolute atomic E-state index is 0.375.